The molecule has 0 spiro atoms. The van der Waals surface area contributed by atoms with E-state index in [9.17, 15) is 4.79 Å². The van der Waals surface area contributed by atoms with Crippen LogP contribution in [0.2, 0.25) is 0 Å². The fourth-order valence-electron chi connectivity index (χ4n) is 1.61. The van der Waals surface area contributed by atoms with Gasteiger partial charge in [-0.2, -0.15) is 0 Å². The van der Waals surface area contributed by atoms with Gasteiger partial charge in [0.05, 0.1) is 0 Å². The van der Waals surface area contributed by atoms with E-state index >= 15 is 0 Å². The number of aromatic nitrogens is 1. The summed E-state index contributed by atoms with van der Waals surface area (Å²) in [4.78, 5) is 15.6. The van der Waals surface area contributed by atoms with E-state index in [1.807, 2.05) is 24.6 Å². The first kappa shape index (κ1) is 14.8. The summed E-state index contributed by atoms with van der Waals surface area (Å²) in [6, 6.07) is 3.86. The Bertz CT molecular complexity index is 507. The van der Waals surface area contributed by atoms with Crippen LogP contribution in [0.4, 0.5) is 0 Å². The molecule has 0 radical (unpaired) electrons. The van der Waals surface area contributed by atoms with E-state index in [1.165, 1.54) is 10.6 Å². The summed E-state index contributed by atoms with van der Waals surface area (Å²) in [6.45, 7) is 6.15. The van der Waals surface area contributed by atoms with Gasteiger partial charge in [-0.1, -0.05) is 0 Å². The van der Waals surface area contributed by atoms with Gasteiger partial charge in [-0.15, -0.1) is 0 Å². The van der Waals surface area contributed by atoms with Crippen LogP contribution in [0.25, 0.3) is 0 Å². The van der Waals surface area contributed by atoms with Crippen LogP contribution in [0, 0.1) is 13.8 Å². The molecule has 0 aliphatic heterocycles. The third-order valence-corrected chi connectivity index (χ3v) is 5.64. The van der Waals surface area contributed by atoms with Crippen LogP contribution in [0.15, 0.2) is 22.6 Å². The fraction of sp³-hybridized carbons (Fsp3) is 0.333. The minimum Gasteiger partial charge on any atom is -1.00 e. The van der Waals surface area contributed by atoms with Crippen molar-refractivity contribution < 1.29 is 26.3 Å². The van der Waals surface area contributed by atoms with Gasteiger partial charge in [-0.25, -0.2) is 0 Å². The van der Waals surface area contributed by atoms with Gasteiger partial charge in [-0.05, 0) is 0 Å². The van der Waals surface area contributed by atoms with E-state index in [-0.39, 0.29) is 43.3 Å². The molecule has 0 fully saturated rings. The summed E-state index contributed by atoms with van der Waals surface area (Å²) in [5.41, 5.74) is 3.24. The molecule has 0 aliphatic rings. The average Bonchev–Trinajstić information content (AvgIpc) is 2.89. The van der Waals surface area contributed by atoms with Crippen molar-refractivity contribution in [3.05, 3.63) is 37.6 Å². The van der Waals surface area contributed by atoms with Crippen LogP contribution >= 0.6 is 11.3 Å². The molecule has 92 valence electrons. The second-order valence-corrected chi connectivity index (χ2v) is 6.84. The number of Topliss-reactive ketones (excluding diaryl/α,β-unsaturated/α-hetero) is 1. The Morgan fingerprint density at radius 3 is 2.65 bits per heavy atom. The Morgan fingerprint density at radius 1 is 1.47 bits per heavy atom. The number of carbonyl (C=O) groups is 1. The first-order chi connectivity index (χ1) is 7.61. The molecule has 0 saturated heterocycles. The van der Waals surface area contributed by atoms with Crippen molar-refractivity contribution in [2.75, 3.05) is 0 Å². The number of nitrogens with zero attached hydrogens (tertiary/aromatic N) is 1. The molecule has 2 aromatic heterocycles. The van der Waals surface area contributed by atoms with Crippen LogP contribution in [-0.4, -0.2) is 20.3 Å². The molecule has 5 heteroatoms. The maximum atomic E-state index is 12.2. The largest absolute Gasteiger partial charge is 1.00 e. The Labute approximate surface area is 122 Å². The zero-order valence-corrected chi connectivity index (χ0v) is 14.1. The maximum absolute atomic E-state index is 12.2. The number of carbonyl (C=O) groups excluding carboxylic acids is 1. The SMILES string of the molecule is Cc1sc[n+](C(C)C(=O)c2ccc[se]2)c1C.[Br-]. The van der Waals surface area contributed by atoms with Gasteiger partial charge in [0.1, 0.15) is 0 Å². The summed E-state index contributed by atoms with van der Waals surface area (Å²) in [5.74, 6) is 0.260. The van der Waals surface area contributed by atoms with Crippen LogP contribution in [-0.2, 0) is 0 Å². The standard InChI is InChI=1S/C12H14NOSSe.BrH/c1-8-10(3)15-7-13(8)9(2)12(14)11-5-4-6-16-11;/h4-7,9H,1-3H3;1H/q+1;/p-1. The molecule has 0 amide bonds. The third-order valence-electron chi connectivity index (χ3n) is 2.80. The molecule has 1 unspecified atom stereocenters. The van der Waals surface area contributed by atoms with Gasteiger partial charge in [0.25, 0.3) is 0 Å². The molecule has 1 atom stereocenters. The molecule has 0 N–H and O–H groups in total. The average molecular weight is 379 g/mol. The van der Waals surface area contributed by atoms with Crippen LogP contribution < -0.4 is 21.5 Å². The van der Waals surface area contributed by atoms with E-state index < -0.39 is 0 Å². The summed E-state index contributed by atoms with van der Waals surface area (Å²) in [5, 5.41) is 0. The molecule has 0 aliphatic carbocycles. The molecular weight excluding hydrogens is 365 g/mol. The van der Waals surface area contributed by atoms with Crippen molar-refractivity contribution in [3.63, 3.8) is 0 Å². The second kappa shape index (κ2) is 6.10. The Morgan fingerprint density at radius 2 is 2.18 bits per heavy atom. The van der Waals surface area contributed by atoms with E-state index in [1.54, 1.807) is 11.3 Å². The van der Waals surface area contributed by atoms with Gasteiger partial charge < -0.3 is 17.0 Å². The maximum Gasteiger partial charge on any atom is -1.00 e. The first-order valence-corrected chi connectivity index (χ1v) is 7.87. The Kier molecular flexibility index (Phi) is 5.32. The predicted molar refractivity (Wildman–Crippen MR) is 66.4 cm³/mol. The number of aryl methyl sites for hydroxylation is 1. The van der Waals surface area contributed by atoms with Crippen molar-refractivity contribution in [1.29, 1.82) is 0 Å². The molecule has 2 heterocycles. The monoisotopic (exact) mass is 379 g/mol. The molecule has 2 aromatic rings. The van der Waals surface area contributed by atoms with Gasteiger partial charge in [0, 0.05) is 0 Å². The smallest absolute Gasteiger partial charge is 1.00 e. The van der Waals surface area contributed by atoms with E-state index in [4.69, 9.17) is 0 Å². The van der Waals surface area contributed by atoms with Crippen molar-refractivity contribution in [1.82, 2.24) is 0 Å². The minimum absolute atomic E-state index is 0. The Balaban J connectivity index is 0.00000144. The van der Waals surface area contributed by atoms with Gasteiger partial charge in [-0.3, -0.25) is 0 Å². The molecule has 2 rings (SSSR count). The third kappa shape index (κ3) is 2.97. The molecule has 0 saturated carbocycles. The molecular formula is C12H14BrNOSSe. The number of halogens is 1. The number of rotatable bonds is 3. The van der Waals surface area contributed by atoms with Gasteiger partial charge in [0.15, 0.2) is 0 Å². The minimum atomic E-state index is -0.0713. The molecule has 0 aromatic carbocycles. The number of hydrogen-bond donors (Lipinski definition) is 0. The Hall–Kier alpha value is -0.221. The zero-order valence-electron chi connectivity index (χ0n) is 9.94. The molecule has 2 nitrogen and oxygen atoms in total. The van der Waals surface area contributed by atoms with Gasteiger partial charge >= 0.3 is 105 Å². The number of ketones is 1. The van der Waals surface area contributed by atoms with Crippen molar-refractivity contribution in [2.45, 2.75) is 26.8 Å². The fourth-order valence-corrected chi connectivity index (χ4v) is 4.07. The van der Waals surface area contributed by atoms with E-state index in [0.29, 0.717) is 0 Å². The van der Waals surface area contributed by atoms with Crippen molar-refractivity contribution in [3.8, 4) is 0 Å². The molecule has 0 bridgehead atoms. The van der Waals surface area contributed by atoms with E-state index in [0.717, 1.165) is 4.44 Å². The zero-order chi connectivity index (χ0) is 11.7. The quantitative estimate of drug-likeness (QED) is 0.387. The summed E-state index contributed by atoms with van der Waals surface area (Å²) in [7, 11) is 0. The van der Waals surface area contributed by atoms with Crippen LogP contribution in [0.5, 0.6) is 0 Å². The normalized spacial score (nSPS) is 11.9. The molecule has 17 heavy (non-hydrogen) atoms. The van der Waals surface area contributed by atoms with Crippen molar-refractivity contribution >= 4 is 31.6 Å². The van der Waals surface area contributed by atoms with Crippen molar-refractivity contribution in [2.24, 2.45) is 0 Å². The summed E-state index contributed by atoms with van der Waals surface area (Å²) >= 11 is 1.94. The number of hydrogen-bond acceptors (Lipinski definition) is 2. The van der Waals surface area contributed by atoms with Crippen LogP contribution in [0.1, 0.15) is 32.8 Å². The topological polar surface area (TPSA) is 20.9 Å². The number of thiazole rings is 1. The van der Waals surface area contributed by atoms with E-state index in [2.05, 4.69) is 23.4 Å². The van der Waals surface area contributed by atoms with Crippen LogP contribution in [0.3, 0.4) is 0 Å². The first-order valence-electron chi connectivity index (χ1n) is 5.15. The summed E-state index contributed by atoms with van der Waals surface area (Å²) in [6.07, 6.45) is 0. The predicted octanol–water partition coefficient (Wildman–Crippen LogP) is -0.843. The second-order valence-electron chi connectivity index (χ2n) is 3.79. The van der Waals surface area contributed by atoms with Gasteiger partial charge in [0.2, 0.25) is 0 Å². The summed E-state index contributed by atoms with van der Waals surface area (Å²) < 4.78 is 3.06.